The third kappa shape index (κ3) is 5.93. The molecule has 190 valence electrons. The normalized spacial score (nSPS) is 15.1. The number of hydrogen-bond donors (Lipinski definition) is 1. The lowest BCUT2D eigenvalue weighted by atomic mass is 9.98. The minimum absolute atomic E-state index is 0.0488. The molecule has 3 aromatic rings. The molecule has 1 atom stereocenters. The lowest BCUT2D eigenvalue weighted by molar-refractivity contribution is 0.163. The van der Waals surface area contributed by atoms with Crippen LogP contribution in [0, 0.1) is 11.3 Å². The van der Waals surface area contributed by atoms with Crippen LogP contribution >= 0.6 is 0 Å². The maximum absolute atomic E-state index is 12.3. The molecule has 10 heteroatoms. The summed E-state index contributed by atoms with van der Waals surface area (Å²) in [5.41, 5.74) is 4.08. The topological polar surface area (TPSA) is 127 Å². The molecule has 1 aromatic heterocycles. The average Bonchev–Trinajstić information content (AvgIpc) is 3.50. The van der Waals surface area contributed by atoms with Gasteiger partial charge < -0.3 is 14.0 Å². The second-order valence-electron chi connectivity index (χ2n) is 8.89. The number of nitriles is 1. The molecule has 2 aromatic carbocycles. The molecular formula is C26H30N4O5S. The Kier molecular flexibility index (Phi) is 8.04. The quantitative estimate of drug-likeness (QED) is 0.383. The smallest absolute Gasteiger partial charge is 0.258 e. The molecule has 9 nitrogen and oxygen atoms in total. The molecule has 4 rings (SSSR count). The Morgan fingerprint density at radius 3 is 2.86 bits per heavy atom. The van der Waals surface area contributed by atoms with Crippen LogP contribution in [0.1, 0.15) is 49.8 Å². The van der Waals surface area contributed by atoms with Crippen LogP contribution in [-0.2, 0) is 21.2 Å². The van der Waals surface area contributed by atoms with Crippen LogP contribution < -0.4 is 9.46 Å². The fraction of sp³-hybridized carbons (Fsp3) is 0.423. The molecule has 36 heavy (non-hydrogen) atoms. The molecule has 0 fully saturated rings. The largest absolute Gasteiger partial charge is 0.490 e. The Morgan fingerprint density at radius 1 is 1.28 bits per heavy atom. The highest BCUT2D eigenvalue weighted by Crippen LogP contribution is 2.38. The number of nitrogens with zero attached hydrogens (tertiary/aromatic N) is 3. The SMILES string of the molecule is CCOCCS(=O)(=O)NC[C@H]1CCc2c(-c3noc(-c4ccc(OC(C)C)c(C#N)c4)n3)cccc21. The van der Waals surface area contributed by atoms with E-state index in [0.29, 0.717) is 41.7 Å². The minimum Gasteiger partial charge on any atom is -0.490 e. The van der Waals surface area contributed by atoms with E-state index in [1.807, 2.05) is 39.0 Å². The molecule has 0 saturated carbocycles. The highest BCUT2D eigenvalue weighted by atomic mass is 32.2. The molecule has 0 unspecified atom stereocenters. The van der Waals surface area contributed by atoms with E-state index in [4.69, 9.17) is 14.0 Å². The summed E-state index contributed by atoms with van der Waals surface area (Å²) in [5, 5.41) is 13.7. The first-order chi connectivity index (χ1) is 17.3. The van der Waals surface area contributed by atoms with Crippen LogP contribution in [-0.4, -0.2) is 50.2 Å². The summed E-state index contributed by atoms with van der Waals surface area (Å²) in [7, 11) is -3.40. The lowest BCUT2D eigenvalue weighted by Gasteiger charge is -2.14. The first kappa shape index (κ1) is 25.8. The van der Waals surface area contributed by atoms with Gasteiger partial charge in [0.2, 0.25) is 15.8 Å². The highest BCUT2D eigenvalue weighted by molar-refractivity contribution is 7.89. The van der Waals surface area contributed by atoms with E-state index in [2.05, 4.69) is 20.9 Å². The van der Waals surface area contributed by atoms with Gasteiger partial charge in [-0.05, 0) is 68.9 Å². The van der Waals surface area contributed by atoms with Crippen LogP contribution in [0.25, 0.3) is 22.8 Å². The third-order valence-corrected chi connectivity index (χ3v) is 7.33. The monoisotopic (exact) mass is 510 g/mol. The average molecular weight is 511 g/mol. The van der Waals surface area contributed by atoms with Gasteiger partial charge in [0.05, 0.1) is 24.0 Å². The number of sulfonamides is 1. The Hall–Kier alpha value is -3.26. The number of aromatic nitrogens is 2. The molecule has 0 saturated heterocycles. The number of hydrogen-bond acceptors (Lipinski definition) is 8. The molecule has 0 aliphatic heterocycles. The Bertz CT molecular complexity index is 1360. The maximum Gasteiger partial charge on any atom is 0.258 e. The Balaban J connectivity index is 1.52. The van der Waals surface area contributed by atoms with Gasteiger partial charge in [0.25, 0.3) is 5.89 Å². The van der Waals surface area contributed by atoms with E-state index in [-0.39, 0.29) is 24.4 Å². The van der Waals surface area contributed by atoms with Crippen molar-refractivity contribution in [3.63, 3.8) is 0 Å². The van der Waals surface area contributed by atoms with Crippen molar-refractivity contribution in [1.82, 2.24) is 14.9 Å². The van der Waals surface area contributed by atoms with Crippen molar-refractivity contribution in [2.75, 3.05) is 25.5 Å². The van der Waals surface area contributed by atoms with Crippen molar-refractivity contribution < 1.29 is 22.4 Å². The molecule has 1 aliphatic carbocycles. The van der Waals surface area contributed by atoms with Gasteiger partial charge in [0.15, 0.2) is 0 Å². The molecule has 0 amide bonds. The standard InChI is InChI=1S/C26H30N4O5S/c1-4-33-12-13-36(31,32)28-16-19-8-10-22-21(19)6-5-7-23(22)25-29-26(35-30-25)18-9-11-24(34-17(2)3)20(14-18)15-27/h5-7,9,11,14,17,19,28H,4,8,10,12-13,16H2,1-3H3/t19-/m1/s1. The van der Waals surface area contributed by atoms with Crippen molar-refractivity contribution in [1.29, 1.82) is 5.26 Å². The maximum atomic E-state index is 12.3. The van der Waals surface area contributed by atoms with Crippen molar-refractivity contribution in [3.8, 4) is 34.7 Å². The van der Waals surface area contributed by atoms with E-state index in [0.717, 1.165) is 29.5 Å². The summed E-state index contributed by atoms with van der Waals surface area (Å²) in [4.78, 5) is 4.59. The molecule has 0 spiro atoms. The van der Waals surface area contributed by atoms with Crippen molar-refractivity contribution in [3.05, 3.63) is 53.1 Å². The van der Waals surface area contributed by atoms with Crippen LogP contribution in [0.15, 0.2) is 40.9 Å². The van der Waals surface area contributed by atoms with Crippen molar-refractivity contribution in [2.45, 2.75) is 45.6 Å². The fourth-order valence-electron chi connectivity index (χ4n) is 4.33. The first-order valence-electron chi connectivity index (χ1n) is 12.0. The second kappa shape index (κ2) is 11.2. The molecule has 1 N–H and O–H groups in total. The predicted molar refractivity (Wildman–Crippen MR) is 135 cm³/mol. The summed E-state index contributed by atoms with van der Waals surface area (Å²) in [5.74, 6) is 1.30. The van der Waals surface area contributed by atoms with Gasteiger partial charge in [-0.15, -0.1) is 0 Å². The van der Waals surface area contributed by atoms with Crippen LogP contribution in [0.3, 0.4) is 0 Å². The van der Waals surface area contributed by atoms with Gasteiger partial charge in [-0.3, -0.25) is 0 Å². The third-order valence-electron chi connectivity index (χ3n) is 6.02. The molecular weight excluding hydrogens is 480 g/mol. The van der Waals surface area contributed by atoms with E-state index in [9.17, 15) is 13.7 Å². The number of benzene rings is 2. The van der Waals surface area contributed by atoms with Crippen molar-refractivity contribution >= 4 is 10.0 Å². The van der Waals surface area contributed by atoms with Crippen LogP contribution in [0.4, 0.5) is 0 Å². The number of nitrogens with one attached hydrogen (secondary N) is 1. The summed E-state index contributed by atoms with van der Waals surface area (Å²) in [6, 6.07) is 13.3. The fourth-order valence-corrected chi connectivity index (χ4v) is 5.27. The van der Waals surface area contributed by atoms with E-state index < -0.39 is 10.0 Å². The van der Waals surface area contributed by atoms with Crippen molar-refractivity contribution in [2.24, 2.45) is 0 Å². The zero-order valence-corrected chi connectivity index (χ0v) is 21.5. The predicted octanol–water partition coefficient (Wildman–Crippen LogP) is 4.05. The first-order valence-corrected chi connectivity index (χ1v) is 13.7. The molecule has 0 radical (unpaired) electrons. The zero-order chi connectivity index (χ0) is 25.7. The Labute approximate surface area is 211 Å². The summed E-state index contributed by atoms with van der Waals surface area (Å²) >= 11 is 0. The van der Waals surface area contributed by atoms with Crippen LogP contribution in [0.2, 0.25) is 0 Å². The summed E-state index contributed by atoms with van der Waals surface area (Å²) in [6.45, 7) is 6.65. The highest BCUT2D eigenvalue weighted by Gasteiger charge is 2.27. The van der Waals surface area contributed by atoms with E-state index in [1.54, 1.807) is 18.2 Å². The molecule has 1 aliphatic rings. The number of fused-ring (bicyclic) bond motifs is 1. The zero-order valence-electron chi connectivity index (χ0n) is 20.7. The van der Waals surface area contributed by atoms with Gasteiger partial charge in [-0.2, -0.15) is 10.2 Å². The minimum atomic E-state index is -3.40. The Morgan fingerprint density at radius 2 is 2.11 bits per heavy atom. The van der Waals surface area contributed by atoms with Gasteiger partial charge in [-0.25, -0.2) is 13.1 Å². The van der Waals surface area contributed by atoms with Gasteiger partial charge in [0.1, 0.15) is 11.8 Å². The summed E-state index contributed by atoms with van der Waals surface area (Å²) < 4.78 is 43.6. The van der Waals surface area contributed by atoms with Gasteiger partial charge >= 0.3 is 0 Å². The molecule has 0 bridgehead atoms. The number of rotatable bonds is 11. The summed E-state index contributed by atoms with van der Waals surface area (Å²) in [6.07, 6.45) is 1.57. The van der Waals surface area contributed by atoms with Crippen LogP contribution in [0.5, 0.6) is 5.75 Å². The van der Waals surface area contributed by atoms with E-state index >= 15 is 0 Å². The number of ether oxygens (including phenoxy) is 2. The van der Waals surface area contributed by atoms with E-state index in [1.165, 1.54) is 0 Å². The van der Waals surface area contributed by atoms with Gasteiger partial charge in [-0.1, -0.05) is 23.4 Å². The second-order valence-corrected chi connectivity index (χ2v) is 10.8. The molecule has 1 heterocycles. The van der Waals surface area contributed by atoms with Gasteiger partial charge in [0, 0.05) is 24.3 Å². The lowest BCUT2D eigenvalue weighted by Crippen LogP contribution is -2.31.